The molecule has 0 radical (unpaired) electrons. The van der Waals surface area contributed by atoms with Crippen LogP contribution in [0.2, 0.25) is 0 Å². The Hall–Kier alpha value is -1.82. The van der Waals surface area contributed by atoms with Crippen molar-refractivity contribution >= 4 is 11.4 Å². The number of nitrogens with zero attached hydrogens (tertiary/aromatic N) is 3. The van der Waals surface area contributed by atoms with Crippen molar-refractivity contribution < 1.29 is 10.0 Å². The molecule has 0 spiro atoms. The molecule has 2 aliphatic rings. The minimum absolute atomic E-state index is 0.233. The van der Waals surface area contributed by atoms with Crippen molar-refractivity contribution in [2.24, 2.45) is 0 Å². The molecule has 114 valence electrons. The first-order valence-corrected chi connectivity index (χ1v) is 7.61. The number of benzene rings is 1. The van der Waals surface area contributed by atoms with Crippen LogP contribution in [0.5, 0.6) is 5.75 Å². The first-order valence-electron chi connectivity index (χ1n) is 7.61. The molecule has 1 saturated carbocycles. The zero-order valence-corrected chi connectivity index (χ0v) is 12.1. The van der Waals surface area contributed by atoms with Gasteiger partial charge < -0.3 is 10.0 Å². The van der Waals surface area contributed by atoms with Gasteiger partial charge in [-0.25, -0.2) is 0 Å². The molecule has 2 fully saturated rings. The Morgan fingerprint density at radius 3 is 2.38 bits per heavy atom. The van der Waals surface area contributed by atoms with E-state index in [1.54, 1.807) is 6.07 Å². The van der Waals surface area contributed by atoms with E-state index in [2.05, 4.69) is 9.80 Å². The lowest BCUT2D eigenvalue weighted by molar-refractivity contribution is -0.385. The van der Waals surface area contributed by atoms with Crippen molar-refractivity contribution in [1.29, 1.82) is 0 Å². The van der Waals surface area contributed by atoms with E-state index in [4.69, 9.17) is 0 Å². The van der Waals surface area contributed by atoms with E-state index >= 15 is 0 Å². The molecule has 0 bridgehead atoms. The van der Waals surface area contributed by atoms with Crippen LogP contribution in [0.15, 0.2) is 18.2 Å². The lowest BCUT2D eigenvalue weighted by atomic mass is 10.1. The monoisotopic (exact) mass is 291 g/mol. The van der Waals surface area contributed by atoms with Gasteiger partial charge in [0.1, 0.15) is 0 Å². The predicted molar refractivity (Wildman–Crippen MR) is 80.8 cm³/mol. The Kier molecular flexibility index (Phi) is 3.96. The van der Waals surface area contributed by atoms with Crippen molar-refractivity contribution in [3.05, 3.63) is 28.3 Å². The largest absolute Gasteiger partial charge is 0.502 e. The number of piperazine rings is 1. The summed E-state index contributed by atoms with van der Waals surface area (Å²) in [6, 6.07) is 5.36. The summed E-state index contributed by atoms with van der Waals surface area (Å²) in [6.07, 6.45) is 5.33. The highest BCUT2D eigenvalue weighted by molar-refractivity contribution is 5.58. The average Bonchev–Trinajstić information content (AvgIpc) is 3.01. The molecule has 0 atom stereocenters. The molecule has 1 aromatic carbocycles. The Bertz CT molecular complexity index is 521. The average molecular weight is 291 g/mol. The van der Waals surface area contributed by atoms with Gasteiger partial charge in [0.25, 0.3) is 0 Å². The Balaban J connectivity index is 1.64. The van der Waals surface area contributed by atoms with Crippen LogP contribution in [0.4, 0.5) is 11.4 Å². The highest BCUT2D eigenvalue weighted by Gasteiger charge is 2.26. The molecule has 21 heavy (non-hydrogen) atoms. The fourth-order valence-electron chi connectivity index (χ4n) is 3.48. The molecule has 0 aromatic heterocycles. The second-order valence-electron chi connectivity index (χ2n) is 5.89. The number of phenolic OH excluding ortho intramolecular Hbond substituents is 1. The molecule has 1 aliphatic carbocycles. The van der Waals surface area contributed by atoms with Crippen LogP contribution in [0, 0.1) is 10.1 Å². The number of nitro groups is 1. The summed E-state index contributed by atoms with van der Waals surface area (Å²) >= 11 is 0. The predicted octanol–water partition coefficient (Wildman–Crippen LogP) is 2.37. The van der Waals surface area contributed by atoms with Gasteiger partial charge in [0, 0.05) is 50.0 Å². The maximum atomic E-state index is 10.7. The maximum Gasteiger partial charge on any atom is 0.310 e. The highest BCUT2D eigenvalue weighted by atomic mass is 16.6. The zero-order chi connectivity index (χ0) is 14.8. The molecule has 1 heterocycles. The summed E-state index contributed by atoms with van der Waals surface area (Å²) in [4.78, 5) is 14.9. The van der Waals surface area contributed by atoms with Crippen LogP contribution in [0.1, 0.15) is 25.7 Å². The van der Waals surface area contributed by atoms with E-state index in [0.29, 0.717) is 0 Å². The van der Waals surface area contributed by atoms with Crippen LogP contribution in [0.3, 0.4) is 0 Å². The quantitative estimate of drug-likeness (QED) is 0.684. The fraction of sp³-hybridized carbons (Fsp3) is 0.600. The van der Waals surface area contributed by atoms with Gasteiger partial charge >= 0.3 is 5.69 Å². The summed E-state index contributed by atoms with van der Waals surface area (Å²) < 4.78 is 0. The molecule has 6 nitrogen and oxygen atoms in total. The number of rotatable bonds is 3. The summed E-state index contributed by atoms with van der Waals surface area (Å²) in [7, 11) is 0. The number of hydrogen-bond donors (Lipinski definition) is 1. The van der Waals surface area contributed by atoms with E-state index in [9.17, 15) is 15.2 Å². The Labute approximate surface area is 124 Å². The second-order valence-corrected chi connectivity index (χ2v) is 5.89. The fourth-order valence-corrected chi connectivity index (χ4v) is 3.48. The SMILES string of the molecule is O=[N+]([O-])c1ccc(N2CCN(C3CCCC3)CC2)cc1O. The van der Waals surface area contributed by atoms with Crippen molar-refractivity contribution in [3.8, 4) is 5.75 Å². The number of anilines is 1. The van der Waals surface area contributed by atoms with Crippen molar-refractivity contribution in [2.45, 2.75) is 31.7 Å². The van der Waals surface area contributed by atoms with E-state index in [-0.39, 0.29) is 11.4 Å². The van der Waals surface area contributed by atoms with Crippen molar-refractivity contribution in [2.75, 3.05) is 31.1 Å². The number of hydrogen-bond acceptors (Lipinski definition) is 5. The minimum atomic E-state index is -0.558. The smallest absolute Gasteiger partial charge is 0.310 e. The minimum Gasteiger partial charge on any atom is -0.502 e. The van der Waals surface area contributed by atoms with Gasteiger partial charge in [-0.15, -0.1) is 0 Å². The van der Waals surface area contributed by atoms with E-state index in [0.717, 1.165) is 37.9 Å². The molecular formula is C15H21N3O3. The molecular weight excluding hydrogens is 270 g/mol. The summed E-state index contributed by atoms with van der Waals surface area (Å²) in [6.45, 7) is 3.88. The van der Waals surface area contributed by atoms with Crippen LogP contribution < -0.4 is 4.90 Å². The first-order chi connectivity index (χ1) is 10.1. The molecule has 1 N–H and O–H groups in total. The number of phenols is 1. The molecule has 1 saturated heterocycles. The molecule has 1 aliphatic heterocycles. The highest BCUT2D eigenvalue weighted by Crippen LogP contribution is 2.31. The van der Waals surface area contributed by atoms with Crippen LogP contribution in [-0.2, 0) is 0 Å². The van der Waals surface area contributed by atoms with Crippen LogP contribution in [0.25, 0.3) is 0 Å². The summed E-state index contributed by atoms with van der Waals surface area (Å²) in [5.41, 5.74) is 0.632. The number of nitro benzene ring substituents is 1. The standard InChI is InChI=1S/C15H21N3O3/c19-15-11-13(5-6-14(15)18(20)21)17-9-7-16(8-10-17)12-3-1-2-4-12/h5-6,11-12,19H,1-4,7-10H2. The van der Waals surface area contributed by atoms with Gasteiger partial charge in [-0.1, -0.05) is 12.8 Å². The maximum absolute atomic E-state index is 10.7. The van der Waals surface area contributed by atoms with Gasteiger partial charge in [0.15, 0.2) is 5.75 Å². The van der Waals surface area contributed by atoms with Gasteiger partial charge in [0.05, 0.1) is 4.92 Å². The van der Waals surface area contributed by atoms with E-state index in [1.807, 2.05) is 0 Å². The van der Waals surface area contributed by atoms with Crippen molar-refractivity contribution in [1.82, 2.24) is 4.90 Å². The lowest BCUT2D eigenvalue weighted by Crippen LogP contribution is -2.49. The third-order valence-corrected chi connectivity index (χ3v) is 4.68. The van der Waals surface area contributed by atoms with E-state index < -0.39 is 4.92 Å². The second kappa shape index (κ2) is 5.89. The normalized spacial score (nSPS) is 20.9. The number of aromatic hydroxyl groups is 1. The zero-order valence-electron chi connectivity index (χ0n) is 12.1. The third kappa shape index (κ3) is 2.95. The van der Waals surface area contributed by atoms with Crippen molar-refractivity contribution in [3.63, 3.8) is 0 Å². The van der Waals surface area contributed by atoms with E-state index in [1.165, 1.54) is 37.8 Å². The molecule has 6 heteroatoms. The van der Waals surface area contributed by atoms with Gasteiger partial charge in [-0.3, -0.25) is 15.0 Å². The topological polar surface area (TPSA) is 69.9 Å². The summed E-state index contributed by atoms with van der Waals surface area (Å²) in [5, 5.41) is 20.5. The van der Waals surface area contributed by atoms with Crippen LogP contribution in [-0.4, -0.2) is 47.2 Å². The first kappa shape index (κ1) is 14.1. The molecule has 1 aromatic rings. The Morgan fingerprint density at radius 1 is 1.14 bits per heavy atom. The Morgan fingerprint density at radius 2 is 1.81 bits per heavy atom. The summed E-state index contributed by atoms with van der Waals surface area (Å²) in [5.74, 6) is -0.254. The van der Waals surface area contributed by atoms with Gasteiger partial charge in [-0.05, 0) is 18.9 Å². The lowest BCUT2D eigenvalue weighted by Gasteiger charge is -2.39. The third-order valence-electron chi connectivity index (χ3n) is 4.68. The van der Waals surface area contributed by atoms with Gasteiger partial charge in [0.2, 0.25) is 0 Å². The van der Waals surface area contributed by atoms with Crippen LogP contribution >= 0.6 is 0 Å². The van der Waals surface area contributed by atoms with Gasteiger partial charge in [-0.2, -0.15) is 0 Å². The molecule has 3 rings (SSSR count). The molecule has 0 amide bonds. The molecule has 0 unspecified atom stereocenters.